The van der Waals surface area contributed by atoms with Gasteiger partial charge in [0, 0.05) is 26.7 Å². The first-order chi connectivity index (χ1) is 9.60. The third kappa shape index (κ3) is 3.75. The highest BCUT2D eigenvalue weighted by Crippen LogP contribution is 2.16. The lowest BCUT2D eigenvalue weighted by Crippen LogP contribution is -2.50. The molecule has 1 aliphatic heterocycles. The van der Waals surface area contributed by atoms with Crippen molar-refractivity contribution in [1.82, 2.24) is 10.2 Å². The lowest BCUT2D eigenvalue weighted by Gasteiger charge is -2.33. The number of benzene rings is 1. The van der Waals surface area contributed by atoms with Gasteiger partial charge in [0.2, 0.25) is 5.91 Å². The number of carbonyl (C=O) groups is 1. The van der Waals surface area contributed by atoms with E-state index < -0.39 is 12.2 Å². The maximum absolute atomic E-state index is 12.8. The van der Waals surface area contributed by atoms with Crippen molar-refractivity contribution in [1.29, 1.82) is 0 Å². The fourth-order valence-electron chi connectivity index (χ4n) is 2.22. The van der Waals surface area contributed by atoms with Gasteiger partial charge in [-0.1, -0.05) is 12.1 Å². The molecule has 0 bridgehead atoms. The molecular weight excluding hydrogens is 263 g/mol. The van der Waals surface area contributed by atoms with Gasteiger partial charge >= 0.3 is 0 Å². The molecule has 20 heavy (non-hydrogen) atoms. The van der Waals surface area contributed by atoms with Crippen LogP contribution in [0.5, 0.6) is 0 Å². The Balaban J connectivity index is 1.92. The molecule has 5 nitrogen and oxygen atoms in total. The molecule has 0 saturated carbocycles. The second-order valence-corrected chi connectivity index (χ2v) is 4.80. The van der Waals surface area contributed by atoms with Crippen LogP contribution in [0.15, 0.2) is 24.3 Å². The number of likely N-dealkylation sites (N-methyl/N-ethyl adjacent to an activating group) is 1. The molecule has 1 amide bonds. The van der Waals surface area contributed by atoms with Crippen molar-refractivity contribution in [2.45, 2.75) is 12.2 Å². The lowest BCUT2D eigenvalue weighted by atomic mass is 10.1. The molecule has 2 rings (SSSR count). The molecule has 0 aliphatic carbocycles. The van der Waals surface area contributed by atoms with Crippen molar-refractivity contribution in [3.05, 3.63) is 35.6 Å². The zero-order chi connectivity index (χ0) is 14.5. The van der Waals surface area contributed by atoms with Crippen LogP contribution in [0.3, 0.4) is 0 Å². The van der Waals surface area contributed by atoms with Crippen LogP contribution in [0, 0.1) is 5.82 Å². The van der Waals surface area contributed by atoms with E-state index in [2.05, 4.69) is 5.32 Å². The first-order valence-electron chi connectivity index (χ1n) is 6.59. The predicted octanol–water partition coefficient (Wildman–Crippen LogP) is 0.306. The zero-order valence-corrected chi connectivity index (χ0v) is 11.4. The van der Waals surface area contributed by atoms with Crippen LogP contribution in [-0.4, -0.2) is 55.3 Å². The average Bonchev–Trinajstić information content (AvgIpc) is 2.47. The number of aliphatic hydroxyl groups is 1. The molecule has 1 aromatic carbocycles. The van der Waals surface area contributed by atoms with E-state index in [1.807, 2.05) is 4.90 Å². The number of rotatable bonds is 4. The molecule has 1 saturated heterocycles. The standard InChI is InChI=1S/C14H19FN2O3/c1-16-14(19)13-9-17(6-7-20-13)8-12(18)10-2-4-11(15)5-3-10/h2-5,12-13,18H,6-9H2,1H3,(H,16,19)/t12-,13+/m0/s1. The number of hydrogen-bond acceptors (Lipinski definition) is 4. The highest BCUT2D eigenvalue weighted by Gasteiger charge is 2.27. The quantitative estimate of drug-likeness (QED) is 0.834. The van der Waals surface area contributed by atoms with Crippen LogP contribution in [0.1, 0.15) is 11.7 Å². The summed E-state index contributed by atoms with van der Waals surface area (Å²) in [5.74, 6) is -0.488. The van der Waals surface area contributed by atoms with Crippen LogP contribution in [0.4, 0.5) is 4.39 Å². The van der Waals surface area contributed by atoms with Gasteiger partial charge in [-0.15, -0.1) is 0 Å². The number of nitrogens with zero attached hydrogens (tertiary/aromatic N) is 1. The minimum Gasteiger partial charge on any atom is -0.387 e. The van der Waals surface area contributed by atoms with Crippen LogP contribution < -0.4 is 5.32 Å². The number of carbonyl (C=O) groups excluding carboxylic acids is 1. The zero-order valence-electron chi connectivity index (χ0n) is 11.4. The smallest absolute Gasteiger partial charge is 0.250 e. The maximum Gasteiger partial charge on any atom is 0.250 e. The lowest BCUT2D eigenvalue weighted by molar-refractivity contribution is -0.138. The Hall–Kier alpha value is -1.50. The summed E-state index contributed by atoms with van der Waals surface area (Å²) in [6.07, 6.45) is -1.21. The van der Waals surface area contributed by atoms with Gasteiger partial charge in [0.15, 0.2) is 0 Å². The molecule has 110 valence electrons. The summed E-state index contributed by atoms with van der Waals surface area (Å²) < 4.78 is 18.2. The second-order valence-electron chi connectivity index (χ2n) is 4.80. The summed E-state index contributed by atoms with van der Waals surface area (Å²) in [6.45, 7) is 1.94. The molecule has 0 aromatic heterocycles. The van der Waals surface area contributed by atoms with Crippen molar-refractivity contribution in [2.24, 2.45) is 0 Å². The number of β-amino-alcohol motifs (C(OH)–C–C–N with tert-alkyl or cyclic N) is 1. The summed E-state index contributed by atoms with van der Waals surface area (Å²) in [5, 5.41) is 12.7. The van der Waals surface area contributed by atoms with E-state index in [4.69, 9.17) is 4.74 Å². The predicted molar refractivity (Wildman–Crippen MR) is 71.6 cm³/mol. The van der Waals surface area contributed by atoms with E-state index in [1.54, 1.807) is 19.2 Å². The van der Waals surface area contributed by atoms with E-state index in [-0.39, 0.29) is 11.7 Å². The molecule has 0 unspecified atom stereocenters. The van der Waals surface area contributed by atoms with Crippen LogP contribution in [-0.2, 0) is 9.53 Å². The third-order valence-corrected chi connectivity index (χ3v) is 3.38. The van der Waals surface area contributed by atoms with Gasteiger partial charge in [-0.3, -0.25) is 9.69 Å². The molecular formula is C14H19FN2O3. The SMILES string of the molecule is CNC(=O)[C@H]1CN(C[C@H](O)c2ccc(F)cc2)CCO1. The Kier molecular flexibility index (Phi) is 5.05. The molecule has 0 spiro atoms. The minimum absolute atomic E-state index is 0.161. The molecule has 1 fully saturated rings. The summed E-state index contributed by atoms with van der Waals surface area (Å²) in [5.41, 5.74) is 0.661. The van der Waals surface area contributed by atoms with Crippen molar-refractivity contribution >= 4 is 5.91 Å². The van der Waals surface area contributed by atoms with E-state index in [0.717, 1.165) is 0 Å². The number of hydrogen-bond donors (Lipinski definition) is 2. The van der Waals surface area contributed by atoms with Gasteiger partial charge in [-0.05, 0) is 17.7 Å². The summed E-state index contributed by atoms with van der Waals surface area (Å²) >= 11 is 0. The number of aliphatic hydroxyl groups excluding tert-OH is 1. The molecule has 2 atom stereocenters. The number of ether oxygens (including phenoxy) is 1. The van der Waals surface area contributed by atoms with Crippen LogP contribution in [0.2, 0.25) is 0 Å². The normalized spacial score (nSPS) is 21.4. The van der Waals surface area contributed by atoms with E-state index in [9.17, 15) is 14.3 Å². The highest BCUT2D eigenvalue weighted by atomic mass is 19.1. The monoisotopic (exact) mass is 282 g/mol. The topological polar surface area (TPSA) is 61.8 Å². The Labute approximate surface area is 117 Å². The first-order valence-corrected chi connectivity index (χ1v) is 6.59. The van der Waals surface area contributed by atoms with Gasteiger partial charge < -0.3 is 15.2 Å². The third-order valence-electron chi connectivity index (χ3n) is 3.38. The number of nitrogens with one attached hydrogen (secondary N) is 1. The van der Waals surface area contributed by atoms with Crippen molar-refractivity contribution in [2.75, 3.05) is 33.3 Å². The van der Waals surface area contributed by atoms with Crippen molar-refractivity contribution in [3.8, 4) is 0 Å². The van der Waals surface area contributed by atoms with Crippen LogP contribution >= 0.6 is 0 Å². The van der Waals surface area contributed by atoms with E-state index in [1.165, 1.54) is 12.1 Å². The van der Waals surface area contributed by atoms with Gasteiger partial charge in [-0.25, -0.2) is 4.39 Å². The average molecular weight is 282 g/mol. The number of morpholine rings is 1. The molecule has 0 radical (unpaired) electrons. The van der Waals surface area contributed by atoms with Crippen LogP contribution in [0.25, 0.3) is 0 Å². The Morgan fingerprint density at radius 3 is 2.90 bits per heavy atom. The molecule has 2 N–H and O–H groups in total. The second kappa shape index (κ2) is 6.78. The molecule has 1 aromatic rings. The maximum atomic E-state index is 12.8. The Bertz CT molecular complexity index is 452. The van der Waals surface area contributed by atoms with Gasteiger partial charge in [0.05, 0.1) is 12.7 Å². The Morgan fingerprint density at radius 1 is 1.55 bits per heavy atom. The van der Waals surface area contributed by atoms with Gasteiger partial charge in [0.25, 0.3) is 0 Å². The fraction of sp³-hybridized carbons (Fsp3) is 0.500. The van der Waals surface area contributed by atoms with Crippen molar-refractivity contribution in [3.63, 3.8) is 0 Å². The molecule has 6 heteroatoms. The van der Waals surface area contributed by atoms with E-state index >= 15 is 0 Å². The molecule has 1 heterocycles. The fourth-order valence-corrected chi connectivity index (χ4v) is 2.22. The highest BCUT2D eigenvalue weighted by molar-refractivity contribution is 5.80. The Morgan fingerprint density at radius 2 is 2.25 bits per heavy atom. The van der Waals surface area contributed by atoms with Gasteiger partial charge in [0.1, 0.15) is 11.9 Å². The number of halogens is 1. The first kappa shape index (κ1) is 14.9. The summed E-state index contributed by atoms with van der Waals surface area (Å²) in [4.78, 5) is 13.5. The molecule has 1 aliphatic rings. The minimum atomic E-state index is -0.709. The largest absolute Gasteiger partial charge is 0.387 e. The summed E-state index contributed by atoms with van der Waals surface area (Å²) in [6, 6.07) is 5.78. The van der Waals surface area contributed by atoms with Crippen molar-refractivity contribution < 1.29 is 19.0 Å². The number of amides is 1. The van der Waals surface area contributed by atoms with E-state index in [0.29, 0.717) is 31.8 Å². The summed E-state index contributed by atoms with van der Waals surface area (Å²) in [7, 11) is 1.57. The van der Waals surface area contributed by atoms with Gasteiger partial charge in [-0.2, -0.15) is 0 Å².